The number of methoxy groups -OCH3 is 1. The van der Waals surface area contributed by atoms with E-state index in [1.54, 1.807) is 7.11 Å². The molecule has 3 rings (SSSR count). The standard InChI is InChI=1S/C23H23N3O3/c1-16-7-3-4-8-17(16)14-25-22(27)19-11-20(13-24-12-19)23(28)26-15-18-9-5-6-10-21(18)29-2/h3-13H,14-15H2,1-2H3,(H,25,27)(H,26,28). The first-order valence-corrected chi connectivity index (χ1v) is 9.26. The molecule has 148 valence electrons. The van der Waals surface area contributed by atoms with Crippen LogP contribution in [0.1, 0.15) is 37.4 Å². The second kappa shape index (κ2) is 9.50. The van der Waals surface area contributed by atoms with Gasteiger partial charge in [0.25, 0.3) is 11.8 Å². The number of amides is 2. The summed E-state index contributed by atoms with van der Waals surface area (Å²) in [6, 6.07) is 16.9. The molecule has 6 heteroatoms. The summed E-state index contributed by atoms with van der Waals surface area (Å²) in [5.41, 5.74) is 3.67. The molecule has 0 atom stereocenters. The van der Waals surface area contributed by atoms with Gasteiger partial charge in [0.05, 0.1) is 18.2 Å². The minimum Gasteiger partial charge on any atom is -0.496 e. The van der Waals surface area contributed by atoms with Gasteiger partial charge in [0, 0.05) is 31.0 Å². The van der Waals surface area contributed by atoms with Crippen molar-refractivity contribution in [1.29, 1.82) is 0 Å². The van der Waals surface area contributed by atoms with E-state index < -0.39 is 0 Å². The summed E-state index contributed by atoms with van der Waals surface area (Å²) in [4.78, 5) is 29.0. The number of ether oxygens (including phenoxy) is 1. The first-order valence-electron chi connectivity index (χ1n) is 9.26. The van der Waals surface area contributed by atoms with Gasteiger partial charge in [-0.05, 0) is 30.2 Å². The summed E-state index contributed by atoms with van der Waals surface area (Å²) in [6.07, 6.45) is 2.89. The second-order valence-corrected chi connectivity index (χ2v) is 6.57. The summed E-state index contributed by atoms with van der Waals surface area (Å²) in [5, 5.41) is 5.70. The van der Waals surface area contributed by atoms with E-state index in [1.165, 1.54) is 18.5 Å². The number of hydrogen-bond donors (Lipinski definition) is 2. The van der Waals surface area contributed by atoms with Gasteiger partial charge in [-0.1, -0.05) is 42.5 Å². The molecule has 0 spiro atoms. The lowest BCUT2D eigenvalue weighted by Crippen LogP contribution is -2.26. The van der Waals surface area contributed by atoms with Crippen molar-refractivity contribution in [3.8, 4) is 5.75 Å². The largest absolute Gasteiger partial charge is 0.496 e. The highest BCUT2D eigenvalue weighted by molar-refractivity contribution is 5.99. The molecular weight excluding hydrogens is 366 g/mol. The third-order valence-electron chi connectivity index (χ3n) is 4.60. The number of hydrogen-bond acceptors (Lipinski definition) is 4. The Bertz CT molecular complexity index is 1020. The maximum absolute atomic E-state index is 12.5. The minimum atomic E-state index is -0.308. The number of carbonyl (C=O) groups excluding carboxylic acids is 2. The lowest BCUT2D eigenvalue weighted by Gasteiger charge is -2.10. The van der Waals surface area contributed by atoms with Crippen molar-refractivity contribution >= 4 is 11.8 Å². The van der Waals surface area contributed by atoms with E-state index in [2.05, 4.69) is 15.6 Å². The van der Waals surface area contributed by atoms with Crippen molar-refractivity contribution in [2.75, 3.05) is 7.11 Å². The SMILES string of the molecule is COc1ccccc1CNC(=O)c1cncc(C(=O)NCc2ccccc2C)c1. The summed E-state index contributed by atoms with van der Waals surface area (Å²) in [7, 11) is 1.59. The van der Waals surface area contributed by atoms with Crippen molar-refractivity contribution in [3.63, 3.8) is 0 Å². The first kappa shape index (κ1) is 20.1. The van der Waals surface area contributed by atoms with Gasteiger partial charge in [0.15, 0.2) is 0 Å². The van der Waals surface area contributed by atoms with Crippen LogP contribution in [0.3, 0.4) is 0 Å². The van der Waals surface area contributed by atoms with E-state index in [-0.39, 0.29) is 11.8 Å². The third-order valence-corrected chi connectivity index (χ3v) is 4.60. The van der Waals surface area contributed by atoms with Gasteiger partial charge in [0.1, 0.15) is 5.75 Å². The third kappa shape index (κ3) is 5.19. The van der Waals surface area contributed by atoms with Gasteiger partial charge in [-0.25, -0.2) is 0 Å². The van der Waals surface area contributed by atoms with Crippen molar-refractivity contribution in [2.24, 2.45) is 0 Å². The molecule has 2 aromatic carbocycles. The monoisotopic (exact) mass is 389 g/mol. The minimum absolute atomic E-state index is 0.278. The van der Waals surface area contributed by atoms with E-state index in [0.717, 1.165) is 16.7 Å². The van der Waals surface area contributed by atoms with Crippen molar-refractivity contribution < 1.29 is 14.3 Å². The average Bonchev–Trinajstić information content (AvgIpc) is 2.77. The molecule has 0 saturated heterocycles. The van der Waals surface area contributed by atoms with Gasteiger partial charge >= 0.3 is 0 Å². The summed E-state index contributed by atoms with van der Waals surface area (Å²) in [5.74, 6) is 0.118. The van der Waals surface area contributed by atoms with Gasteiger partial charge in [-0.3, -0.25) is 14.6 Å². The molecule has 0 bridgehead atoms. The van der Waals surface area contributed by atoms with E-state index in [0.29, 0.717) is 30.0 Å². The van der Waals surface area contributed by atoms with Crippen LogP contribution in [-0.4, -0.2) is 23.9 Å². The molecule has 2 amide bonds. The summed E-state index contributed by atoms with van der Waals surface area (Å²) in [6.45, 7) is 2.72. The quantitative estimate of drug-likeness (QED) is 0.650. The Hall–Kier alpha value is -3.67. The van der Waals surface area contributed by atoms with E-state index in [1.807, 2.05) is 55.5 Å². The van der Waals surface area contributed by atoms with Crippen molar-refractivity contribution in [3.05, 3.63) is 94.8 Å². The molecule has 0 aliphatic rings. The van der Waals surface area contributed by atoms with Crippen LogP contribution in [0.5, 0.6) is 5.75 Å². The lowest BCUT2D eigenvalue weighted by atomic mass is 10.1. The van der Waals surface area contributed by atoms with E-state index >= 15 is 0 Å². The Labute approximate surface area is 169 Å². The van der Waals surface area contributed by atoms with Crippen LogP contribution in [0.4, 0.5) is 0 Å². The van der Waals surface area contributed by atoms with Gasteiger partial charge in [0.2, 0.25) is 0 Å². The van der Waals surface area contributed by atoms with Crippen LogP contribution >= 0.6 is 0 Å². The summed E-state index contributed by atoms with van der Waals surface area (Å²) < 4.78 is 5.29. The van der Waals surface area contributed by atoms with Crippen LogP contribution in [0, 0.1) is 6.92 Å². The number of carbonyl (C=O) groups is 2. The number of aromatic nitrogens is 1. The Kier molecular flexibility index (Phi) is 6.58. The molecule has 1 aromatic heterocycles. The van der Waals surface area contributed by atoms with Crippen molar-refractivity contribution in [1.82, 2.24) is 15.6 Å². The fourth-order valence-electron chi connectivity index (χ4n) is 2.90. The maximum atomic E-state index is 12.5. The van der Waals surface area contributed by atoms with Crippen LogP contribution in [0.25, 0.3) is 0 Å². The van der Waals surface area contributed by atoms with E-state index in [9.17, 15) is 9.59 Å². The Morgan fingerprint density at radius 2 is 1.41 bits per heavy atom. The molecule has 1 heterocycles. The molecule has 6 nitrogen and oxygen atoms in total. The summed E-state index contributed by atoms with van der Waals surface area (Å²) >= 11 is 0. The molecule has 0 aliphatic heterocycles. The molecule has 0 saturated carbocycles. The van der Waals surface area contributed by atoms with E-state index in [4.69, 9.17) is 4.74 Å². The number of para-hydroxylation sites is 1. The molecule has 0 unspecified atom stereocenters. The molecule has 3 aromatic rings. The predicted molar refractivity (Wildman–Crippen MR) is 111 cm³/mol. The highest BCUT2D eigenvalue weighted by atomic mass is 16.5. The zero-order valence-corrected chi connectivity index (χ0v) is 16.4. The Balaban J connectivity index is 1.63. The lowest BCUT2D eigenvalue weighted by molar-refractivity contribution is 0.0950. The number of benzene rings is 2. The van der Waals surface area contributed by atoms with Gasteiger partial charge < -0.3 is 15.4 Å². The first-order chi connectivity index (χ1) is 14.1. The average molecular weight is 389 g/mol. The number of nitrogens with one attached hydrogen (secondary N) is 2. The number of nitrogens with zero attached hydrogens (tertiary/aromatic N) is 1. The van der Waals surface area contributed by atoms with Gasteiger partial charge in [-0.15, -0.1) is 0 Å². The predicted octanol–water partition coefficient (Wildman–Crippen LogP) is 3.26. The van der Waals surface area contributed by atoms with Gasteiger partial charge in [-0.2, -0.15) is 0 Å². The molecule has 2 N–H and O–H groups in total. The maximum Gasteiger partial charge on any atom is 0.253 e. The Morgan fingerprint density at radius 1 is 0.862 bits per heavy atom. The molecule has 29 heavy (non-hydrogen) atoms. The van der Waals surface area contributed by atoms with Crippen LogP contribution in [0.15, 0.2) is 67.0 Å². The Morgan fingerprint density at radius 3 is 2.03 bits per heavy atom. The van der Waals surface area contributed by atoms with Crippen LogP contribution in [0.2, 0.25) is 0 Å². The molecule has 0 radical (unpaired) electrons. The highest BCUT2D eigenvalue weighted by Gasteiger charge is 2.12. The second-order valence-electron chi connectivity index (χ2n) is 6.57. The smallest absolute Gasteiger partial charge is 0.253 e. The fourth-order valence-corrected chi connectivity index (χ4v) is 2.90. The van der Waals surface area contributed by atoms with Crippen molar-refractivity contribution in [2.45, 2.75) is 20.0 Å². The normalized spacial score (nSPS) is 10.3. The zero-order chi connectivity index (χ0) is 20.6. The molecule has 0 aliphatic carbocycles. The fraction of sp³-hybridized carbons (Fsp3) is 0.174. The number of aryl methyl sites for hydroxylation is 1. The topological polar surface area (TPSA) is 80.3 Å². The van der Waals surface area contributed by atoms with Crippen LogP contribution < -0.4 is 15.4 Å². The number of pyridine rings is 1. The molecule has 0 fully saturated rings. The van der Waals surface area contributed by atoms with Crippen LogP contribution in [-0.2, 0) is 13.1 Å². The number of rotatable bonds is 7. The zero-order valence-electron chi connectivity index (χ0n) is 16.4. The highest BCUT2D eigenvalue weighted by Crippen LogP contribution is 2.17. The molecular formula is C23H23N3O3.